The number of carbonyl (C=O) groups is 1. The van der Waals surface area contributed by atoms with Gasteiger partial charge in [-0.05, 0) is 38.6 Å². The molecule has 0 bridgehead atoms. The molecule has 1 saturated heterocycles. The monoisotopic (exact) mass is 240 g/mol. The van der Waals surface area contributed by atoms with Crippen molar-refractivity contribution in [3.05, 3.63) is 0 Å². The second kappa shape index (κ2) is 5.36. The van der Waals surface area contributed by atoms with Crippen molar-refractivity contribution in [1.82, 2.24) is 10.6 Å². The largest absolute Gasteiger partial charge is 0.381 e. The van der Waals surface area contributed by atoms with Gasteiger partial charge in [-0.25, -0.2) is 0 Å². The molecule has 0 aromatic heterocycles. The van der Waals surface area contributed by atoms with E-state index in [1.54, 1.807) is 7.11 Å². The van der Waals surface area contributed by atoms with E-state index in [1.165, 1.54) is 0 Å². The van der Waals surface area contributed by atoms with Gasteiger partial charge in [-0.15, -0.1) is 0 Å². The van der Waals surface area contributed by atoms with Crippen LogP contribution < -0.4 is 10.6 Å². The number of nitrogens with one attached hydrogen (secondary N) is 2. The number of amides is 1. The van der Waals surface area contributed by atoms with Gasteiger partial charge in [0.1, 0.15) is 0 Å². The van der Waals surface area contributed by atoms with E-state index in [0.717, 1.165) is 45.2 Å². The first-order valence-electron chi connectivity index (χ1n) is 6.74. The van der Waals surface area contributed by atoms with Crippen LogP contribution in [0.25, 0.3) is 0 Å². The van der Waals surface area contributed by atoms with Crippen molar-refractivity contribution < 1.29 is 9.53 Å². The van der Waals surface area contributed by atoms with Gasteiger partial charge in [0, 0.05) is 19.7 Å². The summed E-state index contributed by atoms with van der Waals surface area (Å²) in [4.78, 5) is 12.4. The molecule has 0 radical (unpaired) electrons. The molecule has 2 aliphatic rings. The molecule has 2 N–H and O–H groups in total. The molecule has 1 amide bonds. The molecule has 4 nitrogen and oxygen atoms in total. The second-order valence-electron chi connectivity index (χ2n) is 5.41. The lowest BCUT2D eigenvalue weighted by molar-refractivity contribution is -0.134. The smallest absolute Gasteiger partial charge is 0.227 e. The average Bonchev–Trinajstić information content (AvgIpc) is 2.33. The molecule has 0 aromatic rings. The van der Waals surface area contributed by atoms with E-state index in [4.69, 9.17) is 4.74 Å². The number of ether oxygens (including phenoxy) is 1. The first-order chi connectivity index (χ1) is 8.20. The molecule has 1 heterocycles. The molecule has 1 saturated carbocycles. The van der Waals surface area contributed by atoms with E-state index in [-0.39, 0.29) is 11.3 Å². The number of piperidine rings is 1. The maximum Gasteiger partial charge on any atom is 0.227 e. The van der Waals surface area contributed by atoms with E-state index in [1.807, 2.05) is 0 Å². The van der Waals surface area contributed by atoms with Gasteiger partial charge < -0.3 is 15.4 Å². The van der Waals surface area contributed by atoms with Crippen LogP contribution in [0.4, 0.5) is 0 Å². The highest BCUT2D eigenvalue weighted by molar-refractivity contribution is 5.83. The fourth-order valence-corrected chi connectivity index (χ4v) is 2.84. The molecule has 1 aliphatic heterocycles. The zero-order chi connectivity index (χ0) is 12.3. The topological polar surface area (TPSA) is 50.4 Å². The summed E-state index contributed by atoms with van der Waals surface area (Å²) in [5.41, 5.74) is -0.170. The Bertz CT molecular complexity index is 269. The summed E-state index contributed by atoms with van der Waals surface area (Å²) in [6.07, 6.45) is 5.33. The molecule has 17 heavy (non-hydrogen) atoms. The second-order valence-corrected chi connectivity index (χ2v) is 5.41. The van der Waals surface area contributed by atoms with E-state index < -0.39 is 0 Å². The van der Waals surface area contributed by atoms with Crippen molar-refractivity contribution >= 4 is 5.91 Å². The van der Waals surface area contributed by atoms with Gasteiger partial charge in [-0.1, -0.05) is 6.92 Å². The van der Waals surface area contributed by atoms with Gasteiger partial charge in [0.2, 0.25) is 5.91 Å². The molecular formula is C13H24N2O2. The summed E-state index contributed by atoms with van der Waals surface area (Å²) >= 11 is 0. The minimum absolute atomic E-state index is 0.170. The lowest BCUT2D eigenvalue weighted by atomic mass is 9.76. The molecule has 1 aliphatic carbocycles. The average molecular weight is 240 g/mol. The van der Waals surface area contributed by atoms with Crippen LogP contribution in [0.5, 0.6) is 0 Å². The number of methoxy groups -OCH3 is 1. The Hall–Kier alpha value is -0.610. The Labute approximate surface area is 103 Å². The minimum atomic E-state index is -0.170. The molecule has 2 fully saturated rings. The van der Waals surface area contributed by atoms with Gasteiger partial charge in [-0.2, -0.15) is 0 Å². The van der Waals surface area contributed by atoms with Crippen LogP contribution in [-0.2, 0) is 9.53 Å². The van der Waals surface area contributed by atoms with Crippen molar-refractivity contribution in [2.75, 3.05) is 20.2 Å². The van der Waals surface area contributed by atoms with Crippen LogP contribution in [0.15, 0.2) is 0 Å². The van der Waals surface area contributed by atoms with Crippen LogP contribution in [-0.4, -0.2) is 38.3 Å². The third kappa shape index (κ3) is 2.63. The fourth-order valence-electron chi connectivity index (χ4n) is 2.84. The Balaban J connectivity index is 1.85. The van der Waals surface area contributed by atoms with Gasteiger partial charge >= 0.3 is 0 Å². The molecular weight excluding hydrogens is 216 g/mol. The minimum Gasteiger partial charge on any atom is -0.381 e. The van der Waals surface area contributed by atoms with Crippen molar-refractivity contribution in [2.45, 2.75) is 51.2 Å². The Morgan fingerprint density at radius 1 is 1.53 bits per heavy atom. The fraction of sp³-hybridized carbons (Fsp3) is 0.923. The van der Waals surface area contributed by atoms with Crippen molar-refractivity contribution in [1.29, 1.82) is 0 Å². The summed E-state index contributed by atoms with van der Waals surface area (Å²) in [6, 6.07) is 0.331. The van der Waals surface area contributed by atoms with E-state index >= 15 is 0 Å². The summed E-state index contributed by atoms with van der Waals surface area (Å²) < 4.78 is 5.23. The molecule has 1 atom stereocenters. The maximum atomic E-state index is 12.4. The van der Waals surface area contributed by atoms with Crippen LogP contribution >= 0.6 is 0 Å². The number of hydrogen-bond acceptors (Lipinski definition) is 3. The summed E-state index contributed by atoms with van der Waals surface area (Å²) in [5, 5.41) is 6.53. The Morgan fingerprint density at radius 3 is 2.82 bits per heavy atom. The summed E-state index contributed by atoms with van der Waals surface area (Å²) in [7, 11) is 1.74. The molecule has 2 rings (SSSR count). The predicted molar refractivity (Wildman–Crippen MR) is 66.8 cm³/mol. The normalized spacial score (nSPS) is 37.3. The number of rotatable bonds is 4. The van der Waals surface area contributed by atoms with Gasteiger partial charge in [0.05, 0.1) is 11.5 Å². The zero-order valence-corrected chi connectivity index (χ0v) is 10.9. The molecule has 4 heteroatoms. The van der Waals surface area contributed by atoms with Crippen LogP contribution in [0.3, 0.4) is 0 Å². The first kappa shape index (κ1) is 12.8. The highest BCUT2D eigenvalue weighted by atomic mass is 16.5. The van der Waals surface area contributed by atoms with Crippen molar-refractivity contribution in [3.8, 4) is 0 Å². The molecule has 98 valence electrons. The van der Waals surface area contributed by atoms with E-state index in [2.05, 4.69) is 17.6 Å². The zero-order valence-electron chi connectivity index (χ0n) is 10.9. The van der Waals surface area contributed by atoms with E-state index in [0.29, 0.717) is 12.1 Å². The molecule has 0 aromatic carbocycles. The third-order valence-electron chi connectivity index (χ3n) is 4.39. The molecule has 1 unspecified atom stereocenters. The molecule has 0 spiro atoms. The van der Waals surface area contributed by atoms with Gasteiger partial charge in [0.25, 0.3) is 0 Å². The third-order valence-corrected chi connectivity index (χ3v) is 4.39. The lowest BCUT2D eigenvalue weighted by Crippen LogP contribution is -2.56. The maximum absolute atomic E-state index is 12.4. The summed E-state index contributed by atoms with van der Waals surface area (Å²) in [6.45, 7) is 3.99. The highest BCUT2D eigenvalue weighted by Gasteiger charge is 2.40. The Morgan fingerprint density at radius 2 is 2.29 bits per heavy atom. The SMILES string of the molecule is CCC1(C(=O)NC2CC(OC)C2)CCCNC1. The van der Waals surface area contributed by atoms with E-state index in [9.17, 15) is 4.79 Å². The van der Waals surface area contributed by atoms with Crippen molar-refractivity contribution in [3.63, 3.8) is 0 Å². The standard InChI is InChI=1S/C13H24N2O2/c1-3-13(5-4-6-14-9-13)12(16)15-10-7-11(8-10)17-2/h10-11,14H,3-9H2,1-2H3,(H,15,16). The quantitative estimate of drug-likeness (QED) is 0.772. The lowest BCUT2D eigenvalue weighted by Gasteiger charge is -2.40. The van der Waals surface area contributed by atoms with Crippen LogP contribution in [0, 0.1) is 5.41 Å². The van der Waals surface area contributed by atoms with Gasteiger partial charge in [0.15, 0.2) is 0 Å². The number of hydrogen-bond donors (Lipinski definition) is 2. The summed E-state index contributed by atoms with van der Waals surface area (Å²) in [5.74, 6) is 0.242. The highest BCUT2D eigenvalue weighted by Crippen LogP contribution is 2.32. The first-order valence-corrected chi connectivity index (χ1v) is 6.74. The predicted octanol–water partition coefficient (Wildman–Crippen LogP) is 1.06. The number of carbonyl (C=O) groups excluding carboxylic acids is 1. The van der Waals surface area contributed by atoms with Crippen molar-refractivity contribution in [2.24, 2.45) is 5.41 Å². The van der Waals surface area contributed by atoms with Gasteiger partial charge in [-0.3, -0.25) is 4.79 Å². The van der Waals surface area contributed by atoms with Crippen LogP contribution in [0.1, 0.15) is 39.0 Å². The Kier molecular flexibility index (Phi) is 4.05. The van der Waals surface area contributed by atoms with Crippen LogP contribution in [0.2, 0.25) is 0 Å².